The van der Waals surface area contributed by atoms with Gasteiger partial charge in [-0.25, -0.2) is 8.78 Å². The maximum Gasteiger partial charge on any atom is 0.361 e. The van der Waals surface area contributed by atoms with E-state index in [0.717, 1.165) is 0 Å². The highest BCUT2D eigenvalue weighted by Gasteiger charge is 2.85. The first-order valence-corrected chi connectivity index (χ1v) is 3.72. The molecule has 0 aromatic carbocycles. The summed E-state index contributed by atoms with van der Waals surface area (Å²) in [6.45, 7) is 0. The van der Waals surface area contributed by atoms with Gasteiger partial charge >= 0.3 is 11.8 Å². The molecule has 0 aromatic heterocycles. The highest BCUT2D eigenvalue weighted by atomic mass is 35.5. The van der Waals surface area contributed by atoms with Crippen LogP contribution in [0.4, 0.5) is 26.3 Å². The second-order valence-electron chi connectivity index (χ2n) is 2.73. The van der Waals surface area contributed by atoms with Crippen LogP contribution < -0.4 is 0 Å². The van der Waals surface area contributed by atoms with E-state index < -0.39 is 28.5 Å². The number of rotatable bonds is 0. The van der Waals surface area contributed by atoms with Gasteiger partial charge in [-0.15, -0.1) is 0 Å². The maximum absolute atomic E-state index is 12.7. The summed E-state index contributed by atoms with van der Waals surface area (Å²) >= 11 is 8.83. The molecule has 0 amide bonds. The van der Waals surface area contributed by atoms with Gasteiger partial charge in [0.25, 0.3) is 5.13 Å². The molecule has 1 fully saturated rings. The van der Waals surface area contributed by atoms with Crippen molar-refractivity contribution in [1.29, 1.82) is 0 Å². The summed E-state index contributed by atoms with van der Waals surface area (Å²) in [6, 6.07) is 0. The third-order valence-corrected chi connectivity index (χ3v) is 2.78. The van der Waals surface area contributed by atoms with E-state index >= 15 is 0 Å². The third kappa shape index (κ3) is 1.14. The molecule has 0 N–H and O–H groups in total. The minimum atomic E-state index is -5.32. The molecule has 13 heavy (non-hydrogen) atoms. The molecule has 0 aliphatic heterocycles. The maximum atomic E-state index is 12.7. The van der Waals surface area contributed by atoms with Gasteiger partial charge in [-0.3, -0.25) is 0 Å². The van der Waals surface area contributed by atoms with E-state index in [1.807, 2.05) is 0 Å². The molecule has 2 atom stereocenters. The number of hydrogen-bond acceptors (Lipinski definition) is 0. The van der Waals surface area contributed by atoms with Crippen LogP contribution in [0.1, 0.15) is 6.42 Å². The average Bonchev–Trinajstić information content (AvgIpc) is 1.88. The normalized spacial score (nSPS) is 48.0. The Morgan fingerprint density at radius 3 is 1.31 bits per heavy atom. The van der Waals surface area contributed by atoms with Crippen LogP contribution in [0.15, 0.2) is 0 Å². The van der Waals surface area contributed by atoms with E-state index in [9.17, 15) is 26.3 Å². The lowest BCUT2D eigenvalue weighted by molar-refractivity contribution is -0.218. The summed E-state index contributed by atoms with van der Waals surface area (Å²) in [6.07, 6.45) is -2.16. The average molecular weight is 247 g/mol. The van der Waals surface area contributed by atoms with Gasteiger partial charge in [0.2, 0.25) is 5.13 Å². The van der Waals surface area contributed by atoms with E-state index in [-0.39, 0.29) is 0 Å². The van der Waals surface area contributed by atoms with E-state index in [4.69, 9.17) is 0 Å². The molecule has 78 valence electrons. The molecule has 2 unspecified atom stereocenters. The zero-order chi connectivity index (χ0) is 10.7. The van der Waals surface area contributed by atoms with Crippen LogP contribution in [0.25, 0.3) is 0 Å². The van der Waals surface area contributed by atoms with E-state index in [1.54, 1.807) is 0 Å². The van der Waals surface area contributed by atoms with E-state index in [2.05, 4.69) is 23.2 Å². The number of hydrogen-bond donors (Lipinski definition) is 0. The first-order chi connectivity index (χ1) is 5.46. The number of halogens is 8. The second-order valence-corrected chi connectivity index (χ2v) is 3.85. The highest BCUT2D eigenvalue weighted by Crippen LogP contribution is 2.64. The molecule has 0 aromatic rings. The van der Waals surface area contributed by atoms with E-state index in [1.165, 1.54) is 0 Å². The Morgan fingerprint density at radius 2 is 1.23 bits per heavy atom. The Hall–Kier alpha value is 0.160. The monoisotopic (exact) mass is 246 g/mol. The Bertz CT molecular complexity index is 211. The van der Waals surface area contributed by atoms with E-state index in [0.29, 0.717) is 0 Å². The quantitative estimate of drug-likeness (QED) is 0.454. The lowest BCUT2D eigenvalue weighted by Crippen LogP contribution is -2.49. The first-order valence-electron chi connectivity index (χ1n) is 2.97. The fourth-order valence-electron chi connectivity index (χ4n) is 0.960. The molecule has 0 heterocycles. The molecule has 8 heteroatoms. The molecule has 1 aliphatic rings. The summed E-state index contributed by atoms with van der Waals surface area (Å²) in [5.74, 6) is -10.2. The lowest BCUT2D eigenvalue weighted by Gasteiger charge is -2.26. The van der Waals surface area contributed by atoms with Crippen molar-refractivity contribution >= 4 is 23.2 Å². The fraction of sp³-hybridized carbons (Fsp3) is 1.00. The van der Waals surface area contributed by atoms with Crippen molar-refractivity contribution < 1.29 is 26.3 Å². The van der Waals surface area contributed by atoms with Crippen molar-refractivity contribution in [3.05, 3.63) is 0 Å². The van der Waals surface area contributed by atoms with Crippen LogP contribution in [-0.2, 0) is 0 Å². The summed E-state index contributed by atoms with van der Waals surface area (Å²) in [5.41, 5.74) is 0. The van der Waals surface area contributed by atoms with Crippen molar-refractivity contribution in [2.24, 2.45) is 0 Å². The molecular weight excluding hydrogens is 245 g/mol. The van der Waals surface area contributed by atoms with Gasteiger partial charge in [-0.05, 0) is 0 Å². The van der Waals surface area contributed by atoms with Gasteiger partial charge in [0.05, 0.1) is 6.42 Å². The first kappa shape index (κ1) is 11.2. The molecule has 0 spiro atoms. The van der Waals surface area contributed by atoms with Crippen LogP contribution in [0.2, 0.25) is 0 Å². The van der Waals surface area contributed by atoms with Gasteiger partial charge < -0.3 is 0 Å². The Kier molecular flexibility index (Phi) is 2.07. The lowest BCUT2D eigenvalue weighted by atomic mass is 10.2. The van der Waals surface area contributed by atoms with Crippen LogP contribution in [0.3, 0.4) is 0 Å². The SMILES string of the molecule is FC1(F)CC(F)(Cl)C(F)(Cl)C1(F)F. The molecule has 1 saturated carbocycles. The Morgan fingerprint density at radius 1 is 0.846 bits per heavy atom. The summed E-state index contributed by atoms with van der Waals surface area (Å²) in [5, 5.41) is -8.56. The molecule has 0 saturated heterocycles. The minimum absolute atomic E-state index is 2.16. The van der Waals surface area contributed by atoms with Crippen LogP contribution in [0, 0.1) is 0 Å². The topological polar surface area (TPSA) is 0 Å². The predicted octanol–water partition coefficient (Wildman–Crippen LogP) is 3.47. The van der Waals surface area contributed by atoms with Crippen LogP contribution >= 0.6 is 23.2 Å². The van der Waals surface area contributed by atoms with Gasteiger partial charge in [0.15, 0.2) is 0 Å². The molecular formula is C5H2Cl2F6. The summed E-state index contributed by atoms with van der Waals surface area (Å²) in [7, 11) is 0. The van der Waals surface area contributed by atoms with Crippen molar-refractivity contribution in [2.75, 3.05) is 0 Å². The van der Waals surface area contributed by atoms with Gasteiger partial charge in [-0.1, -0.05) is 23.2 Å². The molecule has 0 radical (unpaired) electrons. The van der Waals surface area contributed by atoms with Crippen molar-refractivity contribution in [1.82, 2.24) is 0 Å². The largest absolute Gasteiger partial charge is 0.361 e. The van der Waals surface area contributed by atoms with Gasteiger partial charge in [-0.2, -0.15) is 17.6 Å². The second kappa shape index (κ2) is 2.39. The standard InChI is InChI=1S/C5H2Cl2F6/c6-2(8)1-3(9,10)5(12,13)4(2,7)11/h1H2. The van der Waals surface area contributed by atoms with Crippen LogP contribution in [0.5, 0.6) is 0 Å². The zero-order valence-corrected chi connectivity index (χ0v) is 7.24. The molecule has 0 nitrogen and oxygen atoms in total. The van der Waals surface area contributed by atoms with Gasteiger partial charge in [0.1, 0.15) is 0 Å². The van der Waals surface area contributed by atoms with Crippen LogP contribution in [-0.4, -0.2) is 22.1 Å². The smallest absolute Gasteiger partial charge is 0.221 e. The molecule has 1 rings (SSSR count). The number of alkyl halides is 8. The molecule has 0 bridgehead atoms. The summed E-state index contributed by atoms with van der Waals surface area (Å²) < 4.78 is 74.8. The Labute approximate surface area is 78.8 Å². The fourth-order valence-corrected chi connectivity index (χ4v) is 1.45. The van der Waals surface area contributed by atoms with Crippen molar-refractivity contribution in [3.63, 3.8) is 0 Å². The molecule has 1 aliphatic carbocycles. The van der Waals surface area contributed by atoms with Crippen molar-refractivity contribution in [3.8, 4) is 0 Å². The minimum Gasteiger partial charge on any atom is -0.221 e. The summed E-state index contributed by atoms with van der Waals surface area (Å²) in [4.78, 5) is 0. The third-order valence-electron chi connectivity index (χ3n) is 1.76. The Balaban J connectivity index is 3.24. The highest BCUT2D eigenvalue weighted by molar-refractivity contribution is 6.34. The zero-order valence-electron chi connectivity index (χ0n) is 5.73. The predicted molar refractivity (Wildman–Crippen MR) is 33.9 cm³/mol. The van der Waals surface area contributed by atoms with Crippen molar-refractivity contribution in [2.45, 2.75) is 28.5 Å². The van der Waals surface area contributed by atoms with Gasteiger partial charge in [0, 0.05) is 0 Å².